The van der Waals surface area contributed by atoms with Crippen molar-refractivity contribution in [2.75, 3.05) is 11.9 Å². The Morgan fingerprint density at radius 1 is 1.35 bits per heavy atom. The molecule has 0 aliphatic heterocycles. The number of aromatic nitrogens is 1. The molecular weight excluding hydrogens is 327 g/mol. The van der Waals surface area contributed by atoms with Crippen LogP contribution in [-0.2, 0) is 6.42 Å². The fraction of sp³-hybridized carbons (Fsp3) is 0.143. The van der Waals surface area contributed by atoms with E-state index in [-0.39, 0.29) is 11.4 Å². The fourth-order valence-corrected chi connectivity index (χ4v) is 2.05. The summed E-state index contributed by atoms with van der Waals surface area (Å²) in [5, 5.41) is 12.1. The monoisotopic (exact) mass is 338 g/mol. The third-order valence-corrected chi connectivity index (χ3v) is 3.14. The molecule has 0 saturated heterocycles. The second kappa shape index (κ2) is 6.47. The number of aromatic carboxylic acids is 1. The number of carboxylic acid groups (broad SMARTS) is 1. The molecule has 1 aromatic carbocycles. The number of rotatable bonds is 5. The van der Waals surface area contributed by atoms with E-state index in [1.807, 2.05) is 0 Å². The largest absolute Gasteiger partial charge is 0.478 e. The number of halogens is 2. The summed E-state index contributed by atoms with van der Waals surface area (Å²) in [6.45, 7) is 0.514. The molecule has 4 nitrogen and oxygen atoms in total. The van der Waals surface area contributed by atoms with E-state index in [0.717, 1.165) is 5.56 Å². The van der Waals surface area contributed by atoms with Crippen LogP contribution in [0, 0.1) is 5.82 Å². The summed E-state index contributed by atoms with van der Waals surface area (Å²) < 4.78 is 13.4. The van der Waals surface area contributed by atoms with E-state index in [1.165, 1.54) is 24.4 Å². The van der Waals surface area contributed by atoms with Crippen molar-refractivity contribution in [2.45, 2.75) is 6.42 Å². The van der Waals surface area contributed by atoms with Crippen molar-refractivity contribution >= 4 is 27.7 Å². The first-order valence-electron chi connectivity index (χ1n) is 5.93. The van der Waals surface area contributed by atoms with Crippen LogP contribution in [0.4, 0.5) is 10.2 Å². The molecule has 2 aromatic rings. The van der Waals surface area contributed by atoms with Crippen LogP contribution < -0.4 is 5.32 Å². The van der Waals surface area contributed by atoms with Gasteiger partial charge in [0.15, 0.2) is 0 Å². The lowest BCUT2D eigenvalue weighted by Crippen LogP contribution is -2.11. The zero-order chi connectivity index (χ0) is 14.5. The molecule has 0 amide bonds. The number of nitrogens with one attached hydrogen (secondary N) is 1. The van der Waals surface area contributed by atoms with Crippen LogP contribution in [0.2, 0.25) is 0 Å². The van der Waals surface area contributed by atoms with E-state index in [9.17, 15) is 9.18 Å². The third kappa shape index (κ3) is 3.77. The van der Waals surface area contributed by atoms with Gasteiger partial charge in [-0.3, -0.25) is 0 Å². The molecule has 20 heavy (non-hydrogen) atoms. The van der Waals surface area contributed by atoms with Gasteiger partial charge in [0.05, 0.1) is 0 Å². The zero-order valence-electron chi connectivity index (χ0n) is 10.4. The molecule has 0 spiro atoms. The van der Waals surface area contributed by atoms with Crippen molar-refractivity contribution in [3.8, 4) is 0 Å². The van der Waals surface area contributed by atoms with E-state index < -0.39 is 5.97 Å². The molecule has 0 fully saturated rings. The smallest absolute Gasteiger partial charge is 0.339 e. The molecule has 0 radical (unpaired) electrons. The first-order chi connectivity index (χ1) is 9.56. The average Bonchev–Trinajstić information content (AvgIpc) is 2.42. The number of anilines is 1. The Kier molecular flexibility index (Phi) is 4.68. The van der Waals surface area contributed by atoms with Crippen LogP contribution in [-0.4, -0.2) is 22.6 Å². The van der Waals surface area contributed by atoms with Gasteiger partial charge in [0, 0.05) is 17.2 Å². The normalized spacial score (nSPS) is 10.3. The standard InChI is InChI=1S/C14H12BrFN2O2/c15-10-7-12(14(19)20)13(18-8-10)17-6-5-9-1-3-11(16)4-2-9/h1-4,7-8H,5-6H2,(H,17,18)(H,19,20). The molecule has 0 atom stereocenters. The van der Waals surface area contributed by atoms with Crippen LogP contribution in [0.5, 0.6) is 0 Å². The summed E-state index contributed by atoms with van der Waals surface area (Å²) in [7, 11) is 0. The summed E-state index contributed by atoms with van der Waals surface area (Å²) >= 11 is 3.19. The molecule has 2 N–H and O–H groups in total. The van der Waals surface area contributed by atoms with Gasteiger partial charge in [-0.05, 0) is 46.1 Å². The molecule has 0 aliphatic rings. The van der Waals surface area contributed by atoms with Crippen molar-refractivity contribution in [1.82, 2.24) is 4.98 Å². The van der Waals surface area contributed by atoms with Gasteiger partial charge >= 0.3 is 5.97 Å². The summed E-state index contributed by atoms with van der Waals surface area (Å²) in [4.78, 5) is 15.1. The number of pyridine rings is 1. The SMILES string of the molecule is O=C(O)c1cc(Br)cnc1NCCc1ccc(F)cc1. The lowest BCUT2D eigenvalue weighted by molar-refractivity contribution is 0.0697. The van der Waals surface area contributed by atoms with E-state index >= 15 is 0 Å². The second-order valence-corrected chi connectivity index (χ2v) is 5.07. The summed E-state index contributed by atoms with van der Waals surface area (Å²) in [5.74, 6) is -0.990. The molecule has 0 bridgehead atoms. The van der Waals surface area contributed by atoms with E-state index in [2.05, 4.69) is 26.2 Å². The van der Waals surface area contributed by atoms with Crippen LogP contribution in [0.25, 0.3) is 0 Å². The van der Waals surface area contributed by atoms with Crippen molar-refractivity contribution < 1.29 is 14.3 Å². The van der Waals surface area contributed by atoms with Crippen LogP contribution in [0.1, 0.15) is 15.9 Å². The second-order valence-electron chi connectivity index (χ2n) is 4.16. The van der Waals surface area contributed by atoms with Crippen molar-refractivity contribution in [1.29, 1.82) is 0 Å². The predicted molar refractivity (Wildman–Crippen MR) is 77.5 cm³/mol. The first-order valence-corrected chi connectivity index (χ1v) is 6.72. The topological polar surface area (TPSA) is 62.2 Å². The maximum absolute atomic E-state index is 12.8. The quantitative estimate of drug-likeness (QED) is 0.877. The molecule has 0 unspecified atom stereocenters. The van der Waals surface area contributed by atoms with Gasteiger partial charge in [0.2, 0.25) is 0 Å². The minimum atomic E-state index is -1.04. The van der Waals surface area contributed by atoms with Gasteiger partial charge in [0.25, 0.3) is 0 Å². The van der Waals surface area contributed by atoms with Gasteiger partial charge in [-0.25, -0.2) is 14.2 Å². The van der Waals surface area contributed by atoms with E-state index in [0.29, 0.717) is 23.3 Å². The Labute approximate surface area is 123 Å². The van der Waals surface area contributed by atoms with Gasteiger partial charge in [-0.15, -0.1) is 0 Å². The lowest BCUT2D eigenvalue weighted by Gasteiger charge is -2.09. The number of nitrogens with zero attached hydrogens (tertiary/aromatic N) is 1. The van der Waals surface area contributed by atoms with Gasteiger partial charge in [-0.1, -0.05) is 12.1 Å². The summed E-state index contributed by atoms with van der Waals surface area (Å²) in [6.07, 6.45) is 2.18. The number of hydrogen-bond acceptors (Lipinski definition) is 3. The first kappa shape index (κ1) is 14.5. The van der Waals surface area contributed by atoms with Crippen molar-refractivity contribution in [2.24, 2.45) is 0 Å². The molecule has 0 aliphatic carbocycles. The number of carbonyl (C=O) groups is 1. The molecule has 0 saturated carbocycles. The lowest BCUT2D eigenvalue weighted by atomic mass is 10.1. The maximum Gasteiger partial charge on any atom is 0.339 e. The zero-order valence-corrected chi connectivity index (χ0v) is 12.0. The van der Waals surface area contributed by atoms with E-state index in [1.54, 1.807) is 12.1 Å². The Bertz CT molecular complexity index is 617. The van der Waals surface area contributed by atoms with Crippen LogP contribution >= 0.6 is 15.9 Å². The third-order valence-electron chi connectivity index (χ3n) is 2.70. The van der Waals surface area contributed by atoms with Crippen molar-refractivity contribution in [3.63, 3.8) is 0 Å². The minimum absolute atomic E-state index is 0.110. The summed E-state index contributed by atoms with van der Waals surface area (Å²) in [5.41, 5.74) is 1.08. The van der Waals surface area contributed by atoms with E-state index in [4.69, 9.17) is 5.11 Å². The molecule has 6 heteroatoms. The predicted octanol–water partition coefficient (Wildman–Crippen LogP) is 3.34. The van der Waals surface area contributed by atoms with Crippen molar-refractivity contribution in [3.05, 3.63) is 57.9 Å². The fourth-order valence-electron chi connectivity index (χ4n) is 1.72. The highest BCUT2D eigenvalue weighted by atomic mass is 79.9. The molecule has 1 aromatic heterocycles. The van der Waals surface area contributed by atoms with Gasteiger partial charge in [-0.2, -0.15) is 0 Å². The highest BCUT2D eigenvalue weighted by molar-refractivity contribution is 9.10. The Balaban J connectivity index is 2.00. The Morgan fingerprint density at radius 3 is 2.70 bits per heavy atom. The Morgan fingerprint density at radius 2 is 2.05 bits per heavy atom. The maximum atomic E-state index is 12.8. The molecule has 2 rings (SSSR count). The van der Waals surface area contributed by atoms with Crippen LogP contribution in [0.3, 0.4) is 0 Å². The average molecular weight is 339 g/mol. The van der Waals surface area contributed by atoms with Gasteiger partial charge in [0.1, 0.15) is 17.2 Å². The minimum Gasteiger partial charge on any atom is -0.478 e. The van der Waals surface area contributed by atoms with Crippen LogP contribution in [0.15, 0.2) is 41.0 Å². The highest BCUT2D eigenvalue weighted by Crippen LogP contribution is 2.18. The highest BCUT2D eigenvalue weighted by Gasteiger charge is 2.11. The summed E-state index contributed by atoms with van der Waals surface area (Å²) in [6, 6.07) is 7.69. The molecule has 1 heterocycles. The molecule has 104 valence electrons. The number of hydrogen-bond donors (Lipinski definition) is 2. The number of carboxylic acids is 1. The Hall–Kier alpha value is -1.95. The van der Waals surface area contributed by atoms with Gasteiger partial charge < -0.3 is 10.4 Å². The number of benzene rings is 1. The molecular formula is C14H12BrFN2O2.